The zero-order valence-corrected chi connectivity index (χ0v) is 13.8. The Morgan fingerprint density at radius 1 is 1.48 bits per heavy atom. The van der Waals surface area contributed by atoms with Crippen molar-refractivity contribution in [2.75, 3.05) is 13.1 Å². The van der Waals surface area contributed by atoms with Crippen LogP contribution in [0.5, 0.6) is 0 Å². The fraction of sp³-hybridized carbons (Fsp3) is 0.357. The van der Waals surface area contributed by atoms with Crippen LogP contribution < -0.4 is 5.32 Å². The van der Waals surface area contributed by atoms with E-state index in [2.05, 4.69) is 39.5 Å². The van der Waals surface area contributed by atoms with E-state index in [1.165, 1.54) is 4.68 Å². The standard InChI is InChI=1S/C14H19BrN4O2/c1-5-7-19(8-6-2)14(21)10(3)16-13(20)12-11(15)9-18(4)17-12/h5-6,9-10H,1-2,7-8H2,3-4H3,(H,16,20). The Morgan fingerprint density at radius 3 is 2.48 bits per heavy atom. The van der Waals surface area contributed by atoms with E-state index >= 15 is 0 Å². The van der Waals surface area contributed by atoms with Crippen LogP contribution in [0.2, 0.25) is 0 Å². The Labute approximate surface area is 132 Å². The highest BCUT2D eigenvalue weighted by atomic mass is 79.9. The van der Waals surface area contributed by atoms with Gasteiger partial charge in [0.15, 0.2) is 5.69 Å². The van der Waals surface area contributed by atoms with Gasteiger partial charge < -0.3 is 10.2 Å². The zero-order valence-electron chi connectivity index (χ0n) is 12.2. The molecule has 1 aromatic rings. The SMILES string of the molecule is C=CCN(CC=C)C(=O)C(C)NC(=O)c1nn(C)cc1Br. The molecule has 1 N–H and O–H groups in total. The van der Waals surface area contributed by atoms with Crippen molar-refractivity contribution in [3.05, 3.63) is 41.7 Å². The fourth-order valence-electron chi connectivity index (χ4n) is 1.78. The number of carbonyl (C=O) groups is 2. The van der Waals surface area contributed by atoms with E-state index in [1.54, 1.807) is 37.2 Å². The highest BCUT2D eigenvalue weighted by Gasteiger charge is 2.23. The van der Waals surface area contributed by atoms with Crippen LogP contribution in [-0.2, 0) is 11.8 Å². The van der Waals surface area contributed by atoms with Gasteiger partial charge in [0, 0.05) is 26.3 Å². The van der Waals surface area contributed by atoms with Gasteiger partial charge >= 0.3 is 0 Å². The number of aromatic nitrogens is 2. The lowest BCUT2D eigenvalue weighted by atomic mass is 10.2. The summed E-state index contributed by atoms with van der Waals surface area (Å²) in [5.41, 5.74) is 0.246. The van der Waals surface area contributed by atoms with E-state index in [1.807, 2.05) is 0 Å². The minimum absolute atomic E-state index is 0.199. The topological polar surface area (TPSA) is 67.2 Å². The number of nitrogens with zero attached hydrogens (tertiary/aromatic N) is 3. The molecule has 1 unspecified atom stereocenters. The molecule has 0 saturated heterocycles. The predicted octanol–water partition coefficient (Wildman–Crippen LogP) is 1.50. The summed E-state index contributed by atoms with van der Waals surface area (Å²) in [6.45, 7) is 9.66. The number of halogens is 1. The minimum Gasteiger partial charge on any atom is -0.339 e. The van der Waals surface area contributed by atoms with Crippen molar-refractivity contribution in [3.63, 3.8) is 0 Å². The summed E-state index contributed by atoms with van der Waals surface area (Å²) in [5.74, 6) is -0.601. The summed E-state index contributed by atoms with van der Waals surface area (Å²) in [5, 5.41) is 6.68. The molecule has 0 aromatic carbocycles. The van der Waals surface area contributed by atoms with E-state index in [4.69, 9.17) is 0 Å². The first-order chi connectivity index (χ1) is 9.90. The van der Waals surface area contributed by atoms with Gasteiger partial charge in [0.1, 0.15) is 6.04 Å². The average Bonchev–Trinajstić information content (AvgIpc) is 2.76. The quantitative estimate of drug-likeness (QED) is 0.754. The second-order valence-corrected chi connectivity index (χ2v) is 5.37. The van der Waals surface area contributed by atoms with Crippen molar-refractivity contribution in [2.24, 2.45) is 7.05 Å². The summed E-state index contributed by atoms with van der Waals surface area (Å²) < 4.78 is 2.10. The van der Waals surface area contributed by atoms with E-state index in [9.17, 15) is 9.59 Å². The molecule has 1 heterocycles. The largest absolute Gasteiger partial charge is 0.339 e. The molecule has 114 valence electrons. The Morgan fingerprint density at radius 2 is 2.05 bits per heavy atom. The van der Waals surface area contributed by atoms with E-state index < -0.39 is 11.9 Å². The maximum absolute atomic E-state index is 12.3. The Hall–Kier alpha value is -1.89. The summed E-state index contributed by atoms with van der Waals surface area (Å²) >= 11 is 3.26. The van der Waals surface area contributed by atoms with Crippen molar-refractivity contribution in [1.29, 1.82) is 0 Å². The van der Waals surface area contributed by atoms with Gasteiger partial charge in [-0.15, -0.1) is 13.2 Å². The summed E-state index contributed by atoms with van der Waals surface area (Å²) in [6, 6.07) is -0.661. The van der Waals surface area contributed by atoms with Gasteiger partial charge in [-0.1, -0.05) is 12.2 Å². The van der Waals surface area contributed by atoms with E-state index in [-0.39, 0.29) is 11.6 Å². The third-order valence-corrected chi connectivity index (χ3v) is 3.31. The molecule has 0 saturated carbocycles. The normalized spacial score (nSPS) is 11.6. The molecule has 0 spiro atoms. The Balaban J connectivity index is 2.74. The smallest absolute Gasteiger partial charge is 0.273 e. The summed E-state index contributed by atoms with van der Waals surface area (Å²) in [6.07, 6.45) is 4.93. The average molecular weight is 355 g/mol. The molecule has 0 aliphatic carbocycles. The molecular weight excluding hydrogens is 336 g/mol. The van der Waals surface area contributed by atoms with Crippen molar-refractivity contribution in [1.82, 2.24) is 20.0 Å². The third kappa shape index (κ3) is 4.56. The minimum atomic E-state index is -0.661. The maximum Gasteiger partial charge on any atom is 0.273 e. The molecule has 0 aliphatic rings. The number of hydrogen-bond donors (Lipinski definition) is 1. The highest BCUT2D eigenvalue weighted by molar-refractivity contribution is 9.10. The van der Waals surface area contributed by atoms with Gasteiger partial charge in [-0.25, -0.2) is 0 Å². The molecule has 1 atom stereocenters. The van der Waals surface area contributed by atoms with Gasteiger partial charge in [0.25, 0.3) is 5.91 Å². The van der Waals surface area contributed by atoms with Crippen LogP contribution in [0.25, 0.3) is 0 Å². The molecule has 21 heavy (non-hydrogen) atoms. The van der Waals surface area contributed by atoms with Crippen LogP contribution in [0, 0.1) is 0 Å². The van der Waals surface area contributed by atoms with Crippen LogP contribution in [0.1, 0.15) is 17.4 Å². The number of amides is 2. The van der Waals surface area contributed by atoms with Gasteiger partial charge in [0.2, 0.25) is 5.91 Å². The number of nitrogens with one attached hydrogen (secondary N) is 1. The number of aryl methyl sites for hydroxylation is 1. The second-order valence-electron chi connectivity index (χ2n) is 4.52. The monoisotopic (exact) mass is 354 g/mol. The molecule has 1 rings (SSSR count). The molecule has 0 fully saturated rings. The van der Waals surface area contributed by atoms with Crippen LogP contribution in [0.15, 0.2) is 36.0 Å². The lowest BCUT2D eigenvalue weighted by Crippen LogP contribution is -2.47. The van der Waals surface area contributed by atoms with E-state index in [0.29, 0.717) is 17.6 Å². The van der Waals surface area contributed by atoms with Crippen LogP contribution >= 0.6 is 15.9 Å². The van der Waals surface area contributed by atoms with E-state index in [0.717, 1.165) is 0 Å². The van der Waals surface area contributed by atoms with Crippen molar-refractivity contribution in [3.8, 4) is 0 Å². The van der Waals surface area contributed by atoms with Crippen molar-refractivity contribution >= 4 is 27.7 Å². The third-order valence-electron chi connectivity index (χ3n) is 2.73. The maximum atomic E-state index is 12.3. The first-order valence-corrected chi connectivity index (χ1v) is 7.20. The summed E-state index contributed by atoms with van der Waals surface area (Å²) in [4.78, 5) is 25.9. The molecule has 0 radical (unpaired) electrons. The number of carbonyl (C=O) groups excluding carboxylic acids is 2. The molecular formula is C14H19BrN4O2. The fourth-order valence-corrected chi connectivity index (χ4v) is 2.34. The van der Waals surface area contributed by atoms with Crippen LogP contribution in [0.4, 0.5) is 0 Å². The van der Waals surface area contributed by atoms with Gasteiger partial charge in [-0.3, -0.25) is 14.3 Å². The number of hydrogen-bond acceptors (Lipinski definition) is 3. The highest BCUT2D eigenvalue weighted by Crippen LogP contribution is 2.14. The molecule has 2 amide bonds. The first kappa shape index (κ1) is 17.2. The lowest BCUT2D eigenvalue weighted by Gasteiger charge is -2.23. The van der Waals surface area contributed by atoms with Crippen LogP contribution in [-0.4, -0.2) is 45.6 Å². The lowest BCUT2D eigenvalue weighted by molar-refractivity contribution is -0.131. The number of rotatable bonds is 7. The molecule has 7 heteroatoms. The molecule has 1 aromatic heterocycles. The second kappa shape index (κ2) is 7.78. The summed E-state index contributed by atoms with van der Waals surface area (Å²) in [7, 11) is 1.71. The van der Waals surface area contributed by atoms with Gasteiger partial charge in [0.05, 0.1) is 4.47 Å². The van der Waals surface area contributed by atoms with Gasteiger partial charge in [-0.05, 0) is 22.9 Å². The van der Waals surface area contributed by atoms with Crippen molar-refractivity contribution < 1.29 is 9.59 Å². The van der Waals surface area contributed by atoms with Gasteiger partial charge in [-0.2, -0.15) is 5.10 Å². The zero-order chi connectivity index (χ0) is 16.0. The van der Waals surface area contributed by atoms with Crippen LogP contribution in [0.3, 0.4) is 0 Å². The Bertz CT molecular complexity index is 543. The molecule has 0 bridgehead atoms. The first-order valence-electron chi connectivity index (χ1n) is 6.41. The molecule has 0 aliphatic heterocycles. The molecule has 6 nitrogen and oxygen atoms in total. The predicted molar refractivity (Wildman–Crippen MR) is 84.8 cm³/mol. The Kier molecular flexibility index (Phi) is 6.36. The van der Waals surface area contributed by atoms with Crippen molar-refractivity contribution in [2.45, 2.75) is 13.0 Å².